The van der Waals surface area contributed by atoms with E-state index in [1.54, 1.807) is 18.9 Å². The summed E-state index contributed by atoms with van der Waals surface area (Å²) in [5, 5.41) is 6.40. The van der Waals surface area contributed by atoms with Gasteiger partial charge in [0.15, 0.2) is 0 Å². The minimum Gasteiger partial charge on any atom is -0.497 e. The summed E-state index contributed by atoms with van der Waals surface area (Å²) in [6, 6.07) is 8.43. The molecule has 0 radical (unpaired) electrons. The number of ether oxygens (including phenoxy) is 1. The fraction of sp³-hybridized carbons (Fsp3) is 0.611. The van der Waals surface area contributed by atoms with E-state index < -0.39 is 0 Å². The Morgan fingerprint density at radius 1 is 1.27 bits per heavy atom. The summed E-state index contributed by atoms with van der Waals surface area (Å²) in [5.74, 6) is 2.72. The molecule has 2 atom stereocenters. The first-order chi connectivity index (χ1) is 11.8. The summed E-state index contributed by atoms with van der Waals surface area (Å²) in [5.41, 5.74) is 1.24. The molecule has 2 heterocycles. The molecular weight excluding hydrogens is 393 g/mol. The summed E-state index contributed by atoms with van der Waals surface area (Å²) in [7, 11) is 1.68. The third-order valence-electron chi connectivity index (χ3n) is 4.83. The number of thioether (sulfide) groups is 1. The van der Waals surface area contributed by atoms with Crippen molar-refractivity contribution in [3.8, 4) is 5.75 Å². The number of carbonyl (C=O) groups excluding carboxylic acids is 1. The summed E-state index contributed by atoms with van der Waals surface area (Å²) in [6.45, 7) is 2.86. The van der Waals surface area contributed by atoms with E-state index in [1.807, 2.05) is 12.1 Å². The minimum atomic E-state index is -0.0483. The van der Waals surface area contributed by atoms with Gasteiger partial charge in [-0.25, -0.2) is 0 Å². The number of carbonyl (C=O) groups is 1. The first kappa shape index (κ1) is 23.4. The maximum Gasteiger partial charge on any atom is 0.238 e. The quantitative estimate of drug-likeness (QED) is 0.739. The number of nitrogens with zero attached hydrogens (tertiary/aromatic N) is 1. The van der Waals surface area contributed by atoms with Gasteiger partial charge in [-0.3, -0.25) is 15.0 Å². The standard InChI is InChI=1S/C18H27N3O2S.2ClH/c1-23-15-7-5-14(6-8-15)17(21-9-3-2-4-10-21)11-19-18(22)16-12-24-13-20-16;;/h5-8,16-17,20H,2-4,9-13H2,1H3,(H,19,22);2*1H. The summed E-state index contributed by atoms with van der Waals surface area (Å²) in [4.78, 5) is 14.8. The van der Waals surface area contributed by atoms with Crippen molar-refractivity contribution in [1.82, 2.24) is 15.5 Å². The molecule has 2 aliphatic heterocycles. The van der Waals surface area contributed by atoms with Crippen LogP contribution in [-0.4, -0.2) is 55.2 Å². The minimum absolute atomic E-state index is 0. The Hall–Kier alpha value is -0.660. The van der Waals surface area contributed by atoms with E-state index in [-0.39, 0.29) is 42.8 Å². The predicted octanol–water partition coefficient (Wildman–Crippen LogP) is 2.84. The van der Waals surface area contributed by atoms with E-state index >= 15 is 0 Å². The molecule has 2 unspecified atom stereocenters. The third kappa shape index (κ3) is 6.20. The van der Waals surface area contributed by atoms with Crippen LogP contribution in [0, 0.1) is 0 Å². The number of hydrogen-bond donors (Lipinski definition) is 2. The van der Waals surface area contributed by atoms with Crippen molar-refractivity contribution in [1.29, 1.82) is 0 Å². The summed E-state index contributed by atoms with van der Waals surface area (Å²) < 4.78 is 5.27. The second-order valence-electron chi connectivity index (χ2n) is 6.40. The van der Waals surface area contributed by atoms with Gasteiger partial charge in [0.05, 0.1) is 19.2 Å². The van der Waals surface area contributed by atoms with Gasteiger partial charge in [-0.2, -0.15) is 0 Å². The maximum atomic E-state index is 12.3. The number of likely N-dealkylation sites (tertiary alicyclic amines) is 1. The highest BCUT2D eigenvalue weighted by molar-refractivity contribution is 7.99. The summed E-state index contributed by atoms with van der Waals surface area (Å²) in [6.07, 6.45) is 3.78. The fourth-order valence-corrected chi connectivity index (χ4v) is 4.34. The predicted molar refractivity (Wildman–Crippen MR) is 113 cm³/mol. The van der Waals surface area contributed by atoms with Crippen LogP contribution in [-0.2, 0) is 4.79 Å². The summed E-state index contributed by atoms with van der Waals surface area (Å²) >= 11 is 1.78. The van der Waals surface area contributed by atoms with Crippen LogP contribution in [0.4, 0.5) is 0 Å². The first-order valence-corrected chi connectivity index (χ1v) is 9.90. The number of nitrogens with one attached hydrogen (secondary N) is 2. The fourth-order valence-electron chi connectivity index (χ4n) is 3.40. The lowest BCUT2D eigenvalue weighted by molar-refractivity contribution is -0.122. The molecule has 26 heavy (non-hydrogen) atoms. The van der Waals surface area contributed by atoms with E-state index in [4.69, 9.17) is 4.74 Å². The lowest BCUT2D eigenvalue weighted by Crippen LogP contribution is -2.46. The van der Waals surface area contributed by atoms with Gasteiger partial charge in [-0.05, 0) is 43.6 Å². The van der Waals surface area contributed by atoms with Crippen LogP contribution in [0.1, 0.15) is 30.9 Å². The zero-order chi connectivity index (χ0) is 16.8. The van der Waals surface area contributed by atoms with Crippen molar-refractivity contribution in [3.05, 3.63) is 29.8 Å². The molecule has 0 aliphatic carbocycles. The zero-order valence-electron chi connectivity index (χ0n) is 15.1. The molecule has 2 N–H and O–H groups in total. The van der Waals surface area contributed by atoms with Crippen LogP contribution < -0.4 is 15.4 Å². The molecule has 2 aliphatic rings. The zero-order valence-corrected chi connectivity index (χ0v) is 17.6. The topological polar surface area (TPSA) is 53.6 Å². The SMILES string of the molecule is COc1ccc(C(CNC(=O)C2CSCN2)N2CCCCC2)cc1.Cl.Cl. The van der Waals surface area contributed by atoms with E-state index in [0.29, 0.717) is 6.54 Å². The van der Waals surface area contributed by atoms with Crippen molar-refractivity contribution < 1.29 is 9.53 Å². The van der Waals surface area contributed by atoms with Crippen molar-refractivity contribution in [2.24, 2.45) is 0 Å². The molecule has 1 aromatic rings. The average Bonchev–Trinajstić information content (AvgIpc) is 3.18. The van der Waals surface area contributed by atoms with Gasteiger partial charge in [-0.1, -0.05) is 18.6 Å². The Balaban J connectivity index is 0.00000169. The number of amides is 1. The number of halogens is 2. The normalized spacial score (nSPS) is 21.2. The lowest BCUT2D eigenvalue weighted by atomic mass is 10.0. The Morgan fingerprint density at radius 2 is 1.96 bits per heavy atom. The second-order valence-corrected chi connectivity index (χ2v) is 7.43. The lowest BCUT2D eigenvalue weighted by Gasteiger charge is -2.35. The molecule has 0 saturated carbocycles. The largest absolute Gasteiger partial charge is 0.497 e. The number of hydrogen-bond acceptors (Lipinski definition) is 5. The van der Waals surface area contributed by atoms with Gasteiger partial charge in [0.1, 0.15) is 5.75 Å². The molecule has 1 amide bonds. The van der Waals surface area contributed by atoms with Gasteiger partial charge < -0.3 is 10.1 Å². The molecule has 0 aromatic heterocycles. The molecule has 5 nitrogen and oxygen atoms in total. The van der Waals surface area contributed by atoms with Crippen LogP contribution in [0.2, 0.25) is 0 Å². The molecule has 3 rings (SSSR count). The Kier molecular flexibility index (Phi) is 10.7. The van der Waals surface area contributed by atoms with Crippen LogP contribution in [0.15, 0.2) is 24.3 Å². The molecule has 2 fully saturated rings. The number of rotatable bonds is 6. The average molecular weight is 422 g/mol. The number of methoxy groups -OCH3 is 1. The van der Waals surface area contributed by atoms with Crippen LogP contribution in [0.25, 0.3) is 0 Å². The highest BCUT2D eigenvalue weighted by Gasteiger charge is 2.26. The van der Waals surface area contributed by atoms with E-state index in [2.05, 4.69) is 27.7 Å². The van der Waals surface area contributed by atoms with E-state index in [0.717, 1.165) is 30.5 Å². The smallest absolute Gasteiger partial charge is 0.238 e. The van der Waals surface area contributed by atoms with Crippen LogP contribution >= 0.6 is 36.6 Å². The molecule has 148 valence electrons. The maximum absolute atomic E-state index is 12.3. The molecule has 8 heteroatoms. The van der Waals surface area contributed by atoms with Crippen LogP contribution in [0.3, 0.4) is 0 Å². The van der Waals surface area contributed by atoms with Gasteiger partial charge >= 0.3 is 0 Å². The molecule has 2 saturated heterocycles. The third-order valence-corrected chi connectivity index (χ3v) is 5.77. The van der Waals surface area contributed by atoms with E-state index in [1.165, 1.54) is 24.8 Å². The first-order valence-electron chi connectivity index (χ1n) is 8.75. The molecule has 0 spiro atoms. The Morgan fingerprint density at radius 3 is 2.54 bits per heavy atom. The Bertz CT molecular complexity index is 536. The van der Waals surface area contributed by atoms with Crippen molar-refractivity contribution in [2.45, 2.75) is 31.3 Å². The molecule has 1 aromatic carbocycles. The van der Waals surface area contributed by atoms with Crippen molar-refractivity contribution >= 4 is 42.5 Å². The highest BCUT2D eigenvalue weighted by Crippen LogP contribution is 2.26. The van der Waals surface area contributed by atoms with E-state index in [9.17, 15) is 4.79 Å². The van der Waals surface area contributed by atoms with Crippen molar-refractivity contribution in [3.63, 3.8) is 0 Å². The van der Waals surface area contributed by atoms with Crippen molar-refractivity contribution in [2.75, 3.05) is 38.4 Å². The van der Waals surface area contributed by atoms with Gasteiger partial charge in [0.25, 0.3) is 0 Å². The van der Waals surface area contributed by atoms with Gasteiger partial charge in [0, 0.05) is 18.2 Å². The molecule has 0 bridgehead atoms. The van der Waals surface area contributed by atoms with Gasteiger partial charge in [-0.15, -0.1) is 36.6 Å². The van der Waals surface area contributed by atoms with Crippen LogP contribution in [0.5, 0.6) is 5.75 Å². The highest BCUT2D eigenvalue weighted by atomic mass is 35.5. The monoisotopic (exact) mass is 421 g/mol. The number of piperidine rings is 1. The molecular formula is C18H29Cl2N3O2S. The second kappa shape index (κ2) is 11.9. The number of benzene rings is 1. The Labute approximate surface area is 172 Å². The van der Waals surface area contributed by atoms with Gasteiger partial charge in [0.2, 0.25) is 5.91 Å².